The largest absolute Gasteiger partial charge is 0.548 e. The van der Waals surface area contributed by atoms with E-state index in [0.717, 1.165) is 16.3 Å². The van der Waals surface area contributed by atoms with Gasteiger partial charge in [0.1, 0.15) is 23.7 Å². The van der Waals surface area contributed by atoms with Gasteiger partial charge in [0.05, 0.1) is 16.7 Å². The molecule has 0 saturated carbocycles. The highest BCUT2D eigenvalue weighted by molar-refractivity contribution is 8.01. The Bertz CT molecular complexity index is 1470. The predicted octanol–water partition coefficient (Wildman–Crippen LogP) is 2.38. The molecule has 230 valence electrons. The van der Waals surface area contributed by atoms with E-state index < -0.39 is 35.3 Å². The van der Waals surface area contributed by atoms with E-state index in [4.69, 9.17) is 28.9 Å². The maximum absolute atomic E-state index is 13.0. The molecule has 1 aromatic carbocycles. The average Bonchev–Trinajstić information content (AvgIpc) is 2.95. The molecule has 3 atom stereocenters. The van der Waals surface area contributed by atoms with Crippen LogP contribution in [0.15, 0.2) is 51.4 Å². The Hall–Kier alpha value is -2.42. The van der Waals surface area contributed by atoms with Gasteiger partial charge in [0.25, 0.3) is 5.91 Å². The summed E-state index contributed by atoms with van der Waals surface area (Å²) in [7, 11) is 0. The number of nitrogens with zero attached hydrogens (tertiary/aromatic N) is 2. The smallest absolute Gasteiger partial charge is 0.352 e. The van der Waals surface area contributed by atoms with Gasteiger partial charge in [-0.15, -0.1) is 35.3 Å². The number of carbonyl (C=O) groups excluding carboxylic acids is 3. The molecule has 1 saturated heterocycles. The monoisotopic (exact) mass is 684 g/mol. The molecule has 0 spiro atoms. The fourth-order valence-electron chi connectivity index (χ4n) is 4.82. The molecule has 43 heavy (non-hydrogen) atoms. The van der Waals surface area contributed by atoms with Gasteiger partial charge in [0.2, 0.25) is 5.91 Å². The van der Waals surface area contributed by atoms with Crippen LogP contribution in [0.25, 0.3) is 0 Å². The number of rotatable bonds is 13. The van der Waals surface area contributed by atoms with Crippen molar-refractivity contribution in [1.82, 2.24) is 10.2 Å². The van der Waals surface area contributed by atoms with Crippen molar-refractivity contribution in [2.75, 3.05) is 17.3 Å². The van der Waals surface area contributed by atoms with E-state index in [0.29, 0.717) is 51.4 Å². The fraction of sp³-hybridized carbons (Fsp3) is 0.393. The number of halogens is 2. The zero-order valence-corrected chi connectivity index (χ0v) is 27.3. The van der Waals surface area contributed by atoms with E-state index in [9.17, 15) is 29.4 Å². The minimum atomic E-state index is -1.26. The van der Waals surface area contributed by atoms with Crippen LogP contribution in [-0.4, -0.2) is 68.5 Å². The SMILES string of the molecule is Cc1cc(SCC2=C(C(=O)O)N3C(=O)[C@@H](NC(=O)CSc4cc(Cl)ccc4Cl)[C@H]3SC2)cc(C)[n+]1CCC[C@H](N)C(=O)[O-]. The first kappa shape index (κ1) is 33.5. The molecule has 2 aliphatic rings. The molecular weight excluding hydrogens is 655 g/mol. The highest BCUT2D eigenvalue weighted by Gasteiger charge is 2.54. The Morgan fingerprint density at radius 3 is 2.56 bits per heavy atom. The Morgan fingerprint density at radius 1 is 1.21 bits per heavy atom. The van der Waals surface area contributed by atoms with Crippen molar-refractivity contribution in [3.05, 3.63) is 63.0 Å². The number of carboxylic acids is 2. The third-order valence-electron chi connectivity index (χ3n) is 6.98. The molecule has 0 aliphatic carbocycles. The predicted molar refractivity (Wildman–Crippen MR) is 166 cm³/mol. The number of benzene rings is 1. The van der Waals surface area contributed by atoms with Crippen molar-refractivity contribution in [2.24, 2.45) is 5.73 Å². The standard InChI is InChI=1S/C28H30Cl2N4O6S3/c1-14-8-18(9-15(2)33(14)7-3-4-20(31)27(37)38)41-11-16-12-43-26-23(25(36)34(26)24(16)28(39)40)32-22(35)13-42-21-10-17(29)5-6-19(21)30/h5-6,8-10,20,23,26H,3-4,7,11-13,31H2,1-2H3,(H2-,32,35,37,38,39,40)/t20-,23+,26+/m0/s1. The van der Waals surface area contributed by atoms with Crippen LogP contribution in [0.2, 0.25) is 10.0 Å². The molecule has 1 fully saturated rings. The average molecular weight is 686 g/mol. The highest BCUT2D eigenvalue weighted by atomic mass is 35.5. The van der Waals surface area contributed by atoms with Crippen LogP contribution < -0.4 is 20.7 Å². The number of nitrogens with two attached hydrogens (primary N) is 1. The van der Waals surface area contributed by atoms with Crippen LogP contribution in [0.1, 0.15) is 24.2 Å². The number of aryl methyl sites for hydroxylation is 2. The molecular formula is C28H30Cl2N4O6S3. The van der Waals surface area contributed by atoms with Gasteiger partial charge in [0.15, 0.2) is 11.4 Å². The molecule has 10 nitrogen and oxygen atoms in total. The number of carboxylic acid groups (broad SMARTS) is 2. The van der Waals surface area contributed by atoms with Gasteiger partial charge >= 0.3 is 5.97 Å². The Labute approximate surface area is 271 Å². The molecule has 2 aliphatic heterocycles. The zero-order valence-electron chi connectivity index (χ0n) is 23.3. The van der Waals surface area contributed by atoms with E-state index in [1.165, 1.54) is 40.2 Å². The van der Waals surface area contributed by atoms with E-state index in [1.807, 2.05) is 26.0 Å². The number of pyridine rings is 1. The first-order chi connectivity index (χ1) is 20.4. The molecule has 1 aromatic heterocycles. The molecule has 0 unspecified atom stereocenters. The van der Waals surface area contributed by atoms with Crippen molar-refractivity contribution >= 4 is 82.2 Å². The van der Waals surface area contributed by atoms with Gasteiger partial charge in [-0.05, 0) is 30.2 Å². The minimum absolute atomic E-state index is 0.0218. The van der Waals surface area contributed by atoms with E-state index in [-0.39, 0.29) is 17.4 Å². The highest BCUT2D eigenvalue weighted by Crippen LogP contribution is 2.42. The van der Waals surface area contributed by atoms with Crippen LogP contribution in [-0.2, 0) is 25.7 Å². The number of carbonyl (C=O) groups is 4. The second-order valence-electron chi connectivity index (χ2n) is 10.1. The summed E-state index contributed by atoms with van der Waals surface area (Å²) in [6, 6.07) is 7.13. The maximum Gasteiger partial charge on any atom is 0.352 e. The number of aromatic nitrogens is 1. The van der Waals surface area contributed by atoms with Crippen LogP contribution in [0, 0.1) is 13.8 Å². The van der Waals surface area contributed by atoms with Crippen molar-refractivity contribution in [1.29, 1.82) is 0 Å². The lowest BCUT2D eigenvalue weighted by Crippen LogP contribution is -2.70. The molecule has 0 radical (unpaired) electrons. The lowest BCUT2D eigenvalue weighted by molar-refractivity contribution is -0.709. The summed E-state index contributed by atoms with van der Waals surface area (Å²) in [6.45, 7) is 4.51. The Balaban J connectivity index is 1.36. The molecule has 4 rings (SSSR count). The summed E-state index contributed by atoms with van der Waals surface area (Å²) >= 11 is 16.3. The fourth-order valence-corrected chi connectivity index (χ4v) is 8.69. The van der Waals surface area contributed by atoms with Crippen molar-refractivity contribution in [2.45, 2.75) is 60.5 Å². The van der Waals surface area contributed by atoms with Gasteiger partial charge < -0.3 is 26.1 Å². The number of aliphatic carboxylic acids is 2. The van der Waals surface area contributed by atoms with Crippen molar-refractivity contribution < 1.29 is 34.0 Å². The van der Waals surface area contributed by atoms with Crippen LogP contribution in [0.4, 0.5) is 0 Å². The van der Waals surface area contributed by atoms with E-state index >= 15 is 0 Å². The third kappa shape index (κ3) is 8.00. The molecule has 2 amide bonds. The van der Waals surface area contributed by atoms with Crippen LogP contribution >= 0.6 is 58.5 Å². The van der Waals surface area contributed by atoms with Gasteiger partial charge in [0, 0.05) is 64.8 Å². The van der Waals surface area contributed by atoms with E-state index in [2.05, 4.69) is 9.88 Å². The van der Waals surface area contributed by atoms with Crippen molar-refractivity contribution in [3.63, 3.8) is 0 Å². The van der Waals surface area contributed by atoms with Crippen molar-refractivity contribution in [3.8, 4) is 0 Å². The topological polar surface area (TPSA) is 157 Å². The van der Waals surface area contributed by atoms with E-state index in [1.54, 1.807) is 18.2 Å². The first-order valence-electron chi connectivity index (χ1n) is 13.2. The summed E-state index contributed by atoms with van der Waals surface area (Å²) in [6.07, 6.45) is 0.897. The number of hydrogen-bond acceptors (Lipinski definition) is 9. The number of β-lactam (4-membered cyclic amide) rings is 1. The van der Waals surface area contributed by atoms with Crippen LogP contribution in [0.5, 0.6) is 0 Å². The quantitative estimate of drug-likeness (QED) is 0.163. The van der Waals surface area contributed by atoms with Gasteiger partial charge in [-0.1, -0.05) is 23.2 Å². The normalized spacial score (nSPS) is 18.6. The maximum atomic E-state index is 13.0. The molecule has 3 heterocycles. The lowest BCUT2D eigenvalue weighted by atomic mass is 10.0. The number of amides is 2. The van der Waals surface area contributed by atoms with Gasteiger partial charge in [-0.2, -0.15) is 0 Å². The first-order valence-corrected chi connectivity index (χ1v) is 17.0. The second-order valence-corrected chi connectivity index (χ2v) is 14.1. The number of fused-ring (bicyclic) bond motifs is 1. The Morgan fingerprint density at radius 2 is 1.91 bits per heavy atom. The molecule has 0 bridgehead atoms. The number of hydrogen-bond donors (Lipinski definition) is 3. The molecule has 4 N–H and O–H groups in total. The third-order valence-corrected chi connectivity index (χ3v) is 11.1. The number of nitrogens with one attached hydrogen (secondary N) is 1. The summed E-state index contributed by atoms with van der Waals surface area (Å²) in [5, 5.41) is 24.1. The molecule has 15 heteroatoms. The van der Waals surface area contributed by atoms with Gasteiger partial charge in [-0.25, -0.2) is 9.36 Å². The summed E-state index contributed by atoms with van der Waals surface area (Å²) in [5.41, 5.74) is 8.10. The number of thioether (sulfide) groups is 3. The minimum Gasteiger partial charge on any atom is -0.548 e. The second kappa shape index (κ2) is 14.6. The zero-order chi connectivity index (χ0) is 31.4. The summed E-state index contributed by atoms with van der Waals surface area (Å²) < 4.78 is 2.07. The lowest BCUT2D eigenvalue weighted by Gasteiger charge is -2.49. The van der Waals surface area contributed by atoms with Gasteiger partial charge in [-0.3, -0.25) is 14.5 Å². The molecule has 2 aromatic rings. The summed E-state index contributed by atoms with van der Waals surface area (Å²) in [5.74, 6) is -2.46. The summed E-state index contributed by atoms with van der Waals surface area (Å²) in [4.78, 5) is 51.6. The van der Waals surface area contributed by atoms with Crippen LogP contribution in [0.3, 0.4) is 0 Å². The Kier molecular flexibility index (Phi) is 11.3.